The highest BCUT2D eigenvalue weighted by molar-refractivity contribution is 5.95. The van der Waals surface area contributed by atoms with Gasteiger partial charge in [0.1, 0.15) is 0 Å². The fourth-order valence-electron chi connectivity index (χ4n) is 2.53. The predicted octanol–water partition coefficient (Wildman–Crippen LogP) is 2.41. The maximum absolute atomic E-state index is 12.7. The van der Waals surface area contributed by atoms with Crippen molar-refractivity contribution >= 4 is 11.6 Å². The lowest BCUT2D eigenvalue weighted by Crippen LogP contribution is -2.24. The quantitative estimate of drug-likeness (QED) is 0.780. The van der Waals surface area contributed by atoms with Gasteiger partial charge in [-0.25, -0.2) is 0 Å². The minimum atomic E-state index is -0.539. The lowest BCUT2D eigenvalue weighted by molar-refractivity contribution is -0.117. The van der Waals surface area contributed by atoms with Gasteiger partial charge in [-0.15, -0.1) is 0 Å². The number of rotatable bonds is 5. The summed E-state index contributed by atoms with van der Waals surface area (Å²) in [6, 6.07) is 15.7. The van der Waals surface area contributed by atoms with Crippen molar-refractivity contribution in [1.29, 1.82) is 0 Å². The molecule has 24 heavy (non-hydrogen) atoms. The Morgan fingerprint density at radius 2 is 1.92 bits per heavy atom. The molecule has 0 bridgehead atoms. The Morgan fingerprint density at radius 3 is 2.58 bits per heavy atom. The SMILES string of the molecule is Cc1ccc(NC(=O)[C@H](Cc2cccc(C)c2)c2nnn[n-]2)cc1. The first-order chi connectivity index (χ1) is 11.6. The molecule has 0 spiro atoms. The summed E-state index contributed by atoms with van der Waals surface area (Å²) in [5.74, 6) is -0.376. The number of amides is 1. The van der Waals surface area contributed by atoms with Crippen LogP contribution in [0.3, 0.4) is 0 Å². The smallest absolute Gasteiger partial charge is 0.232 e. The van der Waals surface area contributed by atoms with Crippen LogP contribution < -0.4 is 10.4 Å². The van der Waals surface area contributed by atoms with Gasteiger partial charge in [0.05, 0.1) is 5.92 Å². The van der Waals surface area contributed by atoms with Crippen molar-refractivity contribution in [3.8, 4) is 0 Å². The first-order valence-electron chi connectivity index (χ1n) is 7.73. The van der Waals surface area contributed by atoms with Crippen LogP contribution >= 0.6 is 0 Å². The zero-order chi connectivity index (χ0) is 16.9. The molecule has 0 aliphatic heterocycles. The van der Waals surface area contributed by atoms with E-state index < -0.39 is 5.92 Å². The van der Waals surface area contributed by atoms with E-state index in [2.05, 4.69) is 32.0 Å². The number of tetrazole rings is 1. The van der Waals surface area contributed by atoms with Gasteiger partial charge in [0.2, 0.25) is 5.91 Å². The molecule has 1 heterocycles. The predicted molar refractivity (Wildman–Crippen MR) is 90.6 cm³/mol. The minimum Gasteiger partial charge on any atom is -0.335 e. The highest BCUT2D eigenvalue weighted by atomic mass is 16.1. The van der Waals surface area contributed by atoms with E-state index in [1.54, 1.807) is 0 Å². The molecular weight excluding hydrogens is 302 g/mol. The molecular formula is C18H18N5O-. The summed E-state index contributed by atoms with van der Waals surface area (Å²) in [5, 5.41) is 17.7. The largest absolute Gasteiger partial charge is 0.335 e. The van der Waals surface area contributed by atoms with Gasteiger partial charge < -0.3 is 10.4 Å². The van der Waals surface area contributed by atoms with Crippen molar-refractivity contribution in [2.45, 2.75) is 26.2 Å². The van der Waals surface area contributed by atoms with E-state index in [1.807, 2.05) is 56.3 Å². The van der Waals surface area contributed by atoms with Crippen LogP contribution in [-0.2, 0) is 11.2 Å². The molecule has 0 aliphatic carbocycles. The molecule has 3 aromatic rings. The third kappa shape index (κ3) is 3.84. The van der Waals surface area contributed by atoms with Gasteiger partial charge in [0, 0.05) is 11.5 Å². The number of anilines is 1. The van der Waals surface area contributed by atoms with Gasteiger partial charge >= 0.3 is 0 Å². The van der Waals surface area contributed by atoms with Crippen LogP contribution in [0.25, 0.3) is 0 Å². The summed E-state index contributed by atoms with van der Waals surface area (Å²) in [7, 11) is 0. The molecule has 1 aromatic heterocycles. The van der Waals surface area contributed by atoms with Crippen LogP contribution in [0.4, 0.5) is 5.69 Å². The number of benzene rings is 2. The fraction of sp³-hybridized carbons (Fsp3) is 0.222. The van der Waals surface area contributed by atoms with E-state index >= 15 is 0 Å². The Balaban J connectivity index is 1.82. The third-order valence-electron chi connectivity index (χ3n) is 3.80. The molecule has 0 saturated carbocycles. The number of carbonyl (C=O) groups excluding carboxylic acids is 1. The number of nitrogens with one attached hydrogen (secondary N) is 1. The highest BCUT2D eigenvalue weighted by Crippen LogP contribution is 2.20. The first kappa shape index (κ1) is 15.9. The van der Waals surface area contributed by atoms with Crippen LogP contribution in [0, 0.1) is 13.8 Å². The van der Waals surface area contributed by atoms with Crippen LogP contribution in [0.5, 0.6) is 0 Å². The van der Waals surface area contributed by atoms with Gasteiger partial charge in [0.15, 0.2) is 0 Å². The molecule has 0 unspecified atom stereocenters. The molecule has 1 atom stereocenters. The molecule has 1 N–H and O–H groups in total. The Hall–Kier alpha value is -3.02. The number of hydrogen-bond donors (Lipinski definition) is 1. The molecule has 2 aromatic carbocycles. The van der Waals surface area contributed by atoms with Crippen molar-refractivity contribution in [3.63, 3.8) is 0 Å². The van der Waals surface area contributed by atoms with E-state index in [0.29, 0.717) is 12.2 Å². The average molecular weight is 320 g/mol. The summed E-state index contributed by atoms with van der Waals surface area (Å²) in [5.41, 5.74) is 4.07. The second-order valence-corrected chi connectivity index (χ2v) is 5.84. The van der Waals surface area contributed by atoms with E-state index in [9.17, 15) is 4.79 Å². The topological polar surface area (TPSA) is 81.9 Å². The van der Waals surface area contributed by atoms with Crippen molar-refractivity contribution in [3.05, 3.63) is 71.0 Å². The Labute approximate surface area is 140 Å². The molecule has 6 heteroatoms. The molecule has 1 amide bonds. The first-order valence-corrected chi connectivity index (χ1v) is 7.73. The van der Waals surface area contributed by atoms with E-state index in [4.69, 9.17) is 0 Å². The maximum Gasteiger partial charge on any atom is 0.232 e. The number of nitrogens with zero attached hydrogens (tertiary/aromatic N) is 4. The highest BCUT2D eigenvalue weighted by Gasteiger charge is 2.21. The standard InChI is InChI=1S/C18H19N5O/c1-12-6-8-15(9-7-12)19-18(24)16(17-20-22-23-21-17)11-14-5-3-4-13(2)10-14/h3-10,16H,11H2,1-2H3,(H2,19,20,21,22,23,24)/p-1/t16-/m1/s1. The summed E-state index contributed by atoms with van der Waals surface area (Å²) < 4.78 is 0. The van der Waals surface area contributed by atoms with Crippen molar-refractivity contribution in [2.24, 2.45) is 0 Å². The number of carbonyl (C=O) groups is 1. The Morgan fingerprint density at radius 1 is 1.12 bits per heavy atom. The monoisotopic (exact) mass is 320 g/mol. The third-order valence-corrected chi connectivity index (χ3v) is 3.80. The zero-order valence-electron chi connectivity index (χ0n) is 13.6. The fourth-order valence-corrected chi connectivity index (χ4v) is 2.53. The summed E-state index contributed by atoms with van der Waals surface area (Å²) in [4.78, 5) is 12.7. The Kier molecular flexibility index (Phi) is 4.65. The van der Waals surface area contributed by atoms with Crippen molar-refractivity contribution in [2.75, 3.05) is 5.32 Å². The van der Waals surface area contributed by atoms with Gasteiger partial charge in [-0.2, -0.15) is 5.21 Å². The van der Waals surface area contributed by atoms with Gasteiger partial charge in [-0.3, -0.25) is 15.1 Å². The molecule has 3 rings (SSSR count). The van der Waals surface area contributed by atoms with Crippen LogP contribution in [0.15, 0.2) is 48.5 Å². The second kappa shape index (κ2) is 7.04. The van der Waals surface area contributed by atoms with E-state index in [0.717, 1.165) is 22.4 Å². The molecule has 0 aliphatic rings. The summed E-state index contributed by atoms with van der Waals surface area (Å²) in [6.45, 7) is 4.02. The normalized spacial score (nSPS) is 11.9. The van der Waals surface area contributed by atoms with Gasteiger partial charge in [-0.1, -0.05) is 47.5 Å². The van der Waals surface area contributed by atoms with Crippen molar-refractivity contribution < 1.29 is 4.79 Å². The number of hydrogen-bond acceptors (Lipinski definition) is 4. The summed E-state index contributed by atoms with van der Waals surface area (Å²) in [6.07, 6.45) is 0.493. The molecule has 122 valence electrons. The van der Waals surface area contributed by atoms with Crippen LogP contribution in [0.1, 0.15) is 28.4 Å². The van der Waals surface area contributed by atoms with Gasteiger partial charge in [-0.05, 0) is 38.0 Å². The lowest BCUT2D eigenvalue weighted by atomic mass is 9.96. The van der Waals surface area contributed by atoms with Crippen molar-refractivity contribution in [1.82, 2.24) is 20.6 Å². The van der Waals surface area contributed by atoms with E-state index in [-0.39, 0.29) is 5.91 Å². The van der Waals surface area contributed by atoms with Gasteiger partial charge in [0.25, 0.3) is 0 Å². The lowest BCUT2D eigenvalue weighted by Gasteiger charge is -2.17. The molecule has 0 radical (unpaired) electrons. The molecule has 6 nitrogen and oxygen atoms in total. The number of aryl methyl sites for hydroxylation is 2. The zero-order valence-corrected chi connectivity index (χ0v) is 13.6. The van der Waals surface area contributed by atoms with Crippen LogP contribution in [0.2, 0.25) is 0 Å². The number of aromatic nitrogens is 4. The maximum atomic E-state index is 12.7. The average Bonchev–Trinajstić information content (AvgIpc) is 3.09. The Bertz CT molecular complexity index is 812. The van der Waals surface area contributed by atoms with E-state index in [1.165, 1.54) is 0 Å². The molecule has 0 saturated heterocycles. The summed E-state index contributed by atoms with van der Waals surface area (Å²) >= 11 is 0. The minimum absolute atomic E-state index is 0.171. The molecule has 0 fully saturated rings. The van der Waals surface area contributed by atoms with Crippen LogP contribution in [-0.4, -0.2) is 21.4 Å². The second-order valence-electron chi connectivity index (χ2n) is 5.84.